The van der Waals surface area contributed by atoms with Crippen molar-refractivity contribution in [2.45, 2.75) is 32.6 Å². The van der Waals surface area contributed by atoms with Crippen LogP contribution in [0.3, 0.4) is 0 Å². The van der Waals surface area contributed by atoms with Crippen molar-refractivity contribution < 1.29 is 4.39 Å². The van der Waals surface area contributed by atoms with Crippen molar-refractivity contribution >= 4 is 5.82 Å². The molecule has 0 bridgehead atoms. The molecule has 0 saturated heterocycles. The van der Waals surface area contributed by atoms with Gasteiger partial charge in [-0.15, -0.1) is 0 Å². The van der Waals surface area contributed by atoms with Gasteiger partial charge in [-0.2, -0.15) is 5.10 Å². The molecule has 2 aromatic rings. The highest BCUT2D eigenvalue weighted by molar-refractivity contribution is 5.43. The first kappa shape index (κ1) is 12.6. The second-order valence-corrected chi connectivity index (χ2v) is 4.40. The molecule has 4 heteroatoms. The van der Waals surface area contributed by atoms with Crippen molar-refractivity contribution in [1.82, 2.24) is 9.78 Å². The van der Waals surface area contributed by atoms with Crippen molar-refractivity contribution in [2.75, 3.05) is 5.73 Å². The Morgan fingerprint density at radius 1 is 1.22 bits per heavy atom. The number of rotatable bonds is 4. The third-order valence-electron chi connectivity index (χ3n) is 3.23. The van der Waals surface area contributed by atoms with Crippen LogP contribution in [0.1, 0.15) is 38.3 Å². The van der Waals surface area contributed by atoms with Crippen LogP contribution in [0.4, 0.5) is 10.2 Å². The fourth-order valence-corrected chi connectivity index (χ4v) is 2.11. The molecule has 1 aromatic carbocycles. The average molecular weight is 247 g/mol. The number of hydrogen-bond acceptors (Lipinski definition) is 2. The Balaban J connectivity index is 2.37. The highest BCUT2D eigenvalue weighted by Gasteiger charge is 2.13. The van der Waals surface area contributed by atoms with E-state index in [-0.39, 0.29) is 5.82 Å². The Morgan fingerprint density at radius 2 is 1.83 bits per heavy atom. The summed E-state index contributed by atoms with van der Waals surface area (Å²) in [6.07, 6.45) is 2.08. The minimum atomic E-state index is -0.260. The minimum absolute atomic E-state index is 0.260. The van der Waals surface area contributed by atoms with Gasteiger partial charge in [0.1, 0.15) is 11.6 Å². The van der Waals surface area contributed by atoms with Gasteiger partial charge in [0.2, 0.25) is 0 Å². The molecule has 2 rings (SSSR count). The second-order valence-electron chi connectivity index (χ2n) is 4.40. The highest BCUT2D eigenvalue weighted by atomic mass is 19.1. The second kappa shape index (κ2) is 5.21. The van der Waals surface area contributed by atoms with Crippen LogP contribution >= 0.6 is 0 Å². The molecule has 0 fully saturated rings. The first-order valence-electron chi connectivity index (χ1n) is 6.27. The maximum Gasteiger partial charge on any atom is 0.127 e. The maximum atomic E-state index is 12.9. The van der Waals surface area contributed by atoms with Crippen LogP contribution in [-0.4, -0.2) is 9.78 Å². The van der Waals surface area contributed by atoms with Gasteiger partial charge in [-0.1, -0.05) is 13.8 Å². The molecule has 0 saturated carbocycles. The summed E-state index contributed by atoms with van der Waals surface area (Å²) in [5, 5.41) is 4.52. The van der Waals surface area contributed by atoms with Crippen LogP contribution in [0.5, 0.6) is 0 Å². The minimum Gasteiger partial charge on any atom is -0.384 e. The van der Waals surface area contributed by atoms with Gasteiger partial charge in [-0.05, 0) is 37.1 Å². The third-order valence-corrected chi connectivity index (χ3v) is 3.23. The van der Waals surface area contributed by atoms with E-state index < -0.39 is 0 Å². The Labute approximate surface area is 106 Å². The summed E-state index contributed by atoms with van der Waals surface area (Å²) in [6, 6.07) is 8.08. The zero-order valence-electron chi connectivity index (χ0n) is 10.7. The molecule has 0 spiro atoms. The first-order valence-corrected chi connectivity index (χ1v) is 6.27. The molecule has 0 aliphatic carbocycles. The van der Waals surface area contributed by atoms with Crippen LogP contribution < -0.4 is 5.73 Å². The predicted molar refractivity (Wildman–Crippen MR) is 71.3 cm³/mol. The zero-order valence-corrected chi connectivity index (χ0v) is 10.7. The number of aromatic nitrogens is 2. The van der Waals surface area contributed by atoms with Crippen molar-refractivity contribution in [3.63, 3.8) is 0 Å². The van der Waals surface area contributed by atoms with Gasteiger partial charge >= 0.3 is 0 Å². The lowest BCUT2D eigenvalue weighted by atomic mass is 10.00. The summed E-state index contributed by atoms with van der Waals surface area (Å²) >= 11 is 0. The SMILES string of the molecule is CCC(CC)c1cc(N)n(-c2ccc(F)cc2)n1. The number of halogens is 1. The molecule has 0 radical (unpaired) electrons. The van der Waals surface area contributed by atoms with Gasteiger partial charge in [0, 0.05) is 12.0 Å². The van der Waals surface area contributed by atoms with Gasteiger partial charge in [0.15, 0.2) is 0 Å². The monoisotopic (exact) mass is 247 g/mol. The summed E-state index contributed by atoms with van der Waals surface area (Å²) in [4.78, 5) is 0. The molecule has 0 unspecified atom stereocenters. The van der Waals surface area contributed by atoms with Gasteiger partial charge in [-0.25, -0.2) is 9.07 Å². The van der Waals surface area contributed by atoms with E-state index in [4.69, 9.17) is 5.73 Å². The van der Waals surface area contributed by atoms with E-state index >= 15 is 0 Å². The van der Waals surface area contributed by atoms with Crippen molar-refractivity contribution in [3.05, 3.63) is 41.8 Å². The summed E-state index contributed by atoms with van der Waals surface area (Å²) in [7, 11) is 0. The normalized spacial score (nSPS) is 11.1. The van der Waals surface area contributed by atoms with E-state index in [1.165, 1.54) is 12.1 Å². The lowest BCUT2D eigenvalue weighted by molar-refractivity contribution is 0.612. The molecule has 0 atom stereocenters. The molecule has 1 heterocycles. The number of nitrogens with two attached hydrogens (primary N) is 1. The van der Waals surface area contributed by atoms with E-state index in [0.717, 1.165) is 24.2 Å². The Hall–Kier alpha value is -1.84. The predicted octanol–water partition coefficient (Wildman–Crippen LogP) is 3.50. The summed E-state index contributed by atoms with van der Waals surface area (Å²) < 4.78 is 14.5. The number of nitrogen functional groups attached to an aromatic ring is 1. The summed E-state index contributed by atoms with van der Waals surface area (Å²) in [5.41, 5.74) is 7.75. The molecule has 0 aliphatic heterocycles. The van der Waals surface area contributed by atoms with Gasteiger partial charge in [-0.3, -0.25) is 0 Å². The quantitative estimate of drug-likeness (QED) is 0.898. The smallest absolute Gasteiger partial charge is 0.127 e. The molecule has 1 aromatic heterocycles. The van der Waals surface area contributed by atoms with Crippen molar-refractivity contribution in [1.29, 1.82) is 0 Å². The van der Waals surface area contributed by atoms with E-state index in [2.05, 4.69) is 18.9 Å². The number of anilines is 1. The molecular formula is C14H18FN3. The molecule has 0 amide bonds. The Kier molecular flexibility index (Phi) is 3.65. The van der Waals surface area contributed by atoms with Gasteiger partial charge in [0.05, 0.1) is 11.4 Å². The summed E-state index contributed by atoms with van der Waals surface area (Å²) in [6.45, 7) is 4.28. The zero-order chi connectivity index (χ0) is 13.1. The molecule has 18 heavy (non-hydrogen) atoms. The molecule has 3 nitrogen and oxygen atoms in total. The maximum absolute atomic E-state index is 12.9. The number of benzene rings is 1. The average Bonchev–Trinajstić information content (AvgIpc) is 2.74. The van der Waals surface area contributed by atoms with Crippen LogP contribution in [0.25, 0.3) is 5.69 Å². The van der Waals surface area contributed by atoms with Crippen LogP contribution in [0.2, 0.25) is 0 Å². The Morgan fingerprint density at radius 3 is 2.39 bits per heavy atom. The number of nitrogens with zero attached hydrogens (tertiary/aromatic N) is 2. The van der Waals surface area contributed by atoms with E-state index in [1.54, 1.807) is 16.8 Å². The summed E-state index contributed by atoms with van der Waals surface area (Å²) in [5.74, 6) is 0.752. The topological polar surface area (TPSA) is 43.8 Å². The van der Waals surface area contributed by atoms with Crippen LogP contribution in [0, 0.1) is 5.82 Å². The molecular weight excluding hydrogens is 229 g/mol. The van der Waals surface area contributed by atoms with E-state index in [9.17, 15) is 4.39 Å². The van der Waals surface area contributed by atoms with E-state index in [1.807, 2.05) is 6.07 Å². The van der Waals surface area contributed by atoms with E-state index in [0.29, 0.717) is 11.7 Å². The lowest BCUT2D eigenvalue weighted by Gasteiger charge is -2.08. The lowest BCUT2D eigenvalue weighted by Crippen LogP contribution is -2.03. The van der Waals surface area contributed by atoms with Gasteiger partial charge in [0.25, 0.3) is 0 Å². The fraction of sp³-hybridized carbons (Fsp3) is 0.357. The number of hydrogen-bond donors (Lipinski definition) is 1. The fourth-order valence-electron chi connectivity index (χ4n) is 2.11. The van der Waals surface area contributed by atoms with Gasteiger partial charge < -0.3 is 5.73 Å². The Bertz CT molecular complexity index is 512. The van der Waals surface area contributed by atoms with Crippen molar-refractivity contribution in [3.8, 4) is 5.69 Å². The molecule has 2 N–H and O–H groups in total. The largest absolute Gasteiger partial charge is 0.384 e. The molecule has 96 valence electrons. The van der Waals surface area contributed by atoms with Crippen LogP contribution in [0.15, 0.2) is 30.3 Å². The third kappa shape index (κ3) is 2.37. The van der Waals surface area contributed by atoms with Crippen LogP contribution in [-0.2, 0) is 0 Å². The van der Waals surface area contributed by atoms with Crippen molar-refractivity contribution in [2.24, 2.45) is 0 Å². The first-order chi connectivity index (χ1) is 8.65. The molecule has 0 aliphatic rings. The highest BCUT2D eigenvalue weighted by Crippen LogP contribution is 2.25. The standard InChI is InChI=1S/C14H18FN3/c1-3-10(4-2)13-9-14(16)18(17-13)12-7-5-11(15)6-8-12/h5-10H,3-4,16H2,1-2H3.